The summed E-state index contributed by atoms with van der Waals surface area (Å²) in [7, 11) is 3.61. The summed E-state index contributed by atoms with van der Waals surface area (Å²) in [6.07, 6.45) is 0.776. The predicted molar refractivity (Wildman–Crippen MR) is 60.0 cm³/mol. The molecule has 0 radical (unpaired) electrons. The van der Waals surface area contributed by atoms with Crippen LogP contribution in [0.3, 0.4) is 0 Å². The first kappa shape index (κ1) is 9.98. The van der Waals surface area contributed by atoms with Crippen LogP contribution in [-0.2, 0) is 13.5 Å². The molecule has 4 nitrogen and oxygen atoms in total. The van der Waals surface area contributed by atoms with Crippen molar-refractivity contribution in [1.82, 2.24) is 9.78 Å². The van der Waals surface area contributed by atoms with E-state index in [1.165, 1.54) is 0 Å². The van der Waals surface area contributed by atoms with E-state index in [1.807, 2.05) is 29.9 Å². The number of nitrogens with zero attached hydrogens (tertiary/aromatic N) is 2. The second kappa shape index (κ2) is 3.90. The zero-order chi connectivity index (χ0) is 10.8. The number of benzene rings is 1. The van der Waals surface area contributed by atoms with Gasteiger partial charge < -0.3 is 10.5 Å². The summed E-state index contributed by atoms with van der Waals surface area (Å²) >= 11 is 0. The van der Waals surface area contributed by atoms with Crippen molar-refractivity contribution in [3.05, 3.63) is 23.9 Å². The van der Waals surface area contributed by atoms with E-state index in [0.717, 1.165) is 28.8 Å². The van der Waals surface area contributed by atoms with E-state index in [-0.39, 0.29) is 0 Å². The van der Waals surface area contributed by atoms with Gasteiger partial charge in [-0.25, -0.2) is 0 Å². The molecule has 0 amide bonds. The SMILES string of the molecule is COc1cccc2c1c(CCN)nn2C. The normalized spacial score (nSPS) is 10.9. The molecule has 80 valence electrons. The van der Waals surface area contributed by atoms with Gasteiger partial charge in [0.1, 0.15) is 5.75 Å². The maximum atomic E-state index is 5.56. The Morgan fingerprint density at radius 1 is 1.47 bits per heavy atom. The summed E-state index contributed by atoms with van der Waals surface area (Å²) in [5, 5.41) is 5.52. The van der Waals surface area contributed by atoms with E-state index in [1.54, 1.807) is 7.11 Å². The lowest BCUT2D eigenvalue weighted by Crippen LogP contribution is -2.04. The van der Waals surface area contributed by atoms with Gasteiger partial charge in [0.2, 0.25) is 0 Å². The van der Waals surface area contributed by atoms with Crippen LogP contribution < -0.4 is 10.5 Å². The average molecular weight is 205 g/mol. The van der Waals surface area contributed by atoms with Crippen LogP contribution >= 0.6 is 0 Å². The zero-order valence-corrected chi connectivity index (χ0v) is 9.03. The van der Waals surface area contributed by atoms with E-state index in [4.69, 9.17) is 10.5 Å². The predicted octanol–water partition coefficient (Wildman–Crippen LogP) is 1.08. The van der Waals surface area contributed by atoms with Gasteiger partial charge in [-0.1, -0.05) is 6.07 Å². The van der Waals surface area contributed by atoms with Gasteiger partial charge >= 0.3 is 0 Å². The molecule has 2 rings (SSSR count). The highest BCUT2D eigenvalue weighted by molar-refractivity contribution is 5.88. The minimum atomic E-state index is 0.601. The molecular weight excluding hydrogens is 190 g/mol. The van der Waals surface area contributed by atoms with Crippen LogP contribution in [0.4, 0.5) is 0 Å². The Kier molecular flexibility index (Phi) is 2.60. The molecular formula is C11H15N3O. The van der Waals surface area contributed by atoms with Gasteiger partial charge in [0.25, 0.3) is 0 Å². The van der Waals surface area contributed by atoms with Gasteiger partial charge in [0.05, 0.1) is 23.7 Å². The van der Waals surface area contributed by atoms with Gasteiger partial charge in [-0.15, -0.1) is 0 Å². The molecule has 1 aromatic heterocycles. The molecule has 0 atom stereocenters. The van der Waals surface area contributed by atoms with Crippen molar-refractivity contribution in [3.8, 4) is 5.75 Å². The van der Waals surface area contributed by atoms with Crippen LogP contribution in [0.5, 0.6) is 5.75 Å². The molecule has 0 spiro atoms. The van der Waals surface area contributed by atoms with Crippen LogP contribution in [0.15, 0.2) is 18.2 Å². The van der Waals surface area contributed by atoms with Crippen LogP contribution in [0.2, 0.25) is 0 Å². The highest BCUT2D eigenvalue weighted by atomic mass is 16.5. The molecule has 0 unspecified atom stereocenters. The number of hydrogen-bond acceptors (Lipinski definition) is 3. The molecule has 15 heavy (non-hydrogen) atoms. The number of aromatic nitrogens is 2. The fourth-order valence-electron chi connectivity index (χ4n) is 1.85. The summed E-state index contributed by atoms with van der Waals surface area (Å²) in [5.74, 6) is 0.865. The Morgan fingerprint density at radius 3 is 2.93 bits per heavy atom. The average Bonchev–Trinajstić information content (AvgIpc) is 2.57. The molecule has 1 heterocycles. The minimum Gasteiger partial charge on any atom is -0.496 e. The van der Waals surface area contributed by atoms with Gasteiger partial charge in [-0.2, -0.15) is 5.10 Å². The number of aryl methyl sites for hydroxylation is 1. The molecule has 0 aliphatic carbocycles. The lowest BCUT2D eigenvalue weighted by molar-refractivity contribution is 0.419. The fraction of sp³-hybridized carbons (Fsp3) is 0.364. The minimum absolute atomic E-state index is 0.601. The summed E-state index contributed by atoms with van der Waals surface area (Å²) in [6.45, 7) is 0.601. The van der Waals surface area contributed by atoms with Crippen molar-refractivity contribution < 1.29 is 4.74 Å². The third kappa shape index (κ3) is 1.57. The Bertz CT molecular complexity index is 476. The van der Waals surface area contributed by atoms with E-state index in [9.17, 15) is 0 Å². The van der Waals surface area contributed by atoms with Gasteiger partial charge in [0, 0.05) is 13.5 Å². The summed E-state index contributed by atoms with van der Waals surface area (Å²) < 4.78 is 7.20. The van der Waals surface area contributed by atoms with E-state index >= 15 is 0 Å². The molecule has 0 bridgehead atoms. The maximum absolute atomic E-state index is 5.56. The Morgan fingerprint density at radius 2 is 2.27 bits per heavy atom. The standard InChI is InChI=1S/C11H15N3O/c1-14-9-4-3-5-10(15-2)11(9)8(13-14)6-7-12/h3-5H,6-7,12H2,1-2H3. The lowest BCUT2D eigenvalue weighted by Gasteiger charge is -2.02. The third-order valence-corrected chi connectivity index (χ3v) is 2.51. The van der Waals surface area contributed by atoms with Crippen LogP contribution in [0, 0.1) is 0 Å². The Labute approximate surface area is 88.6 Å². The third-order valence-electron chi connectivity index (χ3n) is 2.51. The molecule has 0 aliphatic rings. The van der Waals surface area contributed by atoms with Gasteiger partial charge in [0.15, 0.2) is 0 Å². The molecule has 0 aliphatic heterocycles. The van der Waals surface area contributed by atoms with Gasteiger partial charge in [-0.05, 0) is 18.7 Å². The van der Waals surface area contributed by atoms with Crippen molar-refractivity contribution in [2.24, 2.45) is 12.8 Å². The summed E-state index contributed by atoms with van der Waals surface area (Å²) in [5.41, 5.74) is 7.65. The van der Waals surface area contributed by atoms with Crippen molar-refractivity contribution in [1.29, 1.82) is 0 Å². The van der Waals surface area contributed by atoms with E-state index < -0.39 is 0 Å². The largest absolute Gasteiger partial charge is 0.496 e. The highest BCUT2D eigenvalue weighted by Crippen LogP contribution is 2.28. The number of rotatable bonds is 3. The van der Waals surface area contributed by atoms with Crippen LogP contribution in [0.1, 0.15) is 5.69 Å². The number of nitrogens with two attached hydrogens (primary N) is 1. The van der Waals surface area contributed by atoms with E-state index in [0.29, 0.717) is 6.54 Å². The number of hydrogen-bond donors (Lipinski definition) is 1. The summed E-state index contributed by atoms with van der Waals surface area (Å²) in [6, 6.07) is 5.95. The van der Waals surface area contributed by atoms with Gasteiger partial charge in [-0.3, -0.25) is 4.68 Å². The van der Waals surface area contributed by atoms with Crippen molar-refractivity contribution in [2.45, 2.75) is 6.42 Å². The number of fused-ring (bicyclic) bond motifs is 1. The van der Waals surface area contributed by atoms with Crippen LogP contribution in [-0.4, -0.2) is 23.4 Å². The van der Waals surface area contributed by atoms with E-state index in [2.05, 4.69) is 5.10 Å². The molecule has 1 aromatic carbocycles. The Hall–Kier alpha value is -1.55. The Balaban J connectivity index is 2.70. The second-order valence-electron chi connectivity index (χ2n) is 3.46. The molecule has 2 N–H and O–H groups in total. The first-order valence-corrected chi connectivity index (χ1v) is 4.96. The first-order valence-electron chi connectivity index (χ1n) is 4.96. The topological polar surface area (TPSA) is 53.1 Å². The quantitative estimate of drug-likeness (QED) is 0.815. The lowest BCUT2D eigenvalue weighted by atomic mass is 10.1. The highest BCUT2D eigenvalue weighted by Gasteiger charge is 2.11. The molecule has 2 aromatic rings. The zero-order valence-electron chi connectivity index (χ0n) is 9.03. The molecule has 0 saturated heterocycles. The monoisotopic (exact) mass is 205 g/mol. The second-order valence-corrected chi connectivity index (χ2v) is 3.46. The maximum Gasteiger partial charge on any atom is 0.130 e. The first-order chi connectivity index (χ1) is 7.27. The fourth-order valence-corrected chi connectivity index (χ4v) is 1.85. The van der Waals surface area contributed by atoms with Crippen molar-refractivity contribution in [3.63, 3.8) is 0 Å². The molecule has 0 fully saturated rings. The van der Waals surface area contributed by atoms with Crippen molar-refractivity contribution >= 4 is 10.9 Å². The summed E-state index contributed by atoms with van der Waals surface area (Å²) in [4.78, 5) is 0. The molecule has 4 heteroatoms. The van der Waals surface area contributed by atoms with Crippen LogP contribution in [0.25, 0.3) is 10.9 Å². The number of ether oxygens (including phenoxy) is 1. The number of methoxy groups -OCH3 is 1. The smallest absolute Gasteiger partial charge is 0.130 e. The van der Waals surface area contributed by atoms with Crippen molar-refractivity contribution in [2.75, 3.05) is 13.7 Å². The molecule has 0 saturated carbocycles.